The Labute approximate surface area is 237 Å². The fourth-order valence-corrected chi connectivity index (χ4v) is 4.70. The van der Waals surface area contributed by atoms with Crippen LogP contribution in [0.25, 0.3) is 5.52 Å². The molecule has 2 heterocycles. The van der Waals surface area contributed by atoms with Gasteiger partial charge in [-0.2, -0.15) is 0 Å². The lowest BCUT2D eigenvalue weighted by atomic mass is 10.0. The van der Waals surface area contributed by atoms with Gasteiger partial charge in [-0.15, -0.1) is 0 Å². The molecule has 0 aliphatic heterocycles. The van der Waals surface area contributed by atoms with Gasteiger partial charge in [0.2, 0.25) is 0 Å². The molecule has 0 spiro atoms. The molecular weight excluding hydrogens is 498 g/mol. The third-order valence-corrected chi connectivity index (χ3v) is 6.63. The van der Waals surface area contributed by atoms with Crippen molar-refractivity contribution >= 4 is 17.3 Å². The zero-order chi connectivity index (χ0) is 28.3. The van der Waals surface area contributed by atoms with Gasteiger partial charge in [-0.05, 0) is 85.7 Å². The van der Waals surface area contributed by atoms with Crippen LogP contribution >= 0.6 is 0 Å². The van der Waals surface area contributed by atoms with Crippen LogP contribution in [0.5, 0.6) is 5.75 Å². The highest BCUT2D eigenvalue weighted by atomic mass is 16.5. The van der Waals surface area contributed by atoms with Gasteiger partial charge in [0.1, 0.15) is 12.4 Å². The highest BCUT2D eigenvalue weighted by Crippen LogP contribution is 2.23. The Morgan fingerprint density at radius 2 is 1.68 bits per heavy atom. The lowest BCUT2D eigenvalue weighted by Crippen LogP contribution is -2.04. The summed E-state index contributed by atoms with van der Waals surface area (Å²) in [4.78, 5) is 25.1. The first-order chi connectivity index (χ1) is 19.4. The van der Waals surface area contributed by atoms with E-state index >= 15 is 0 Å². The summed E-state index contributed by atoms with van der Waals surface area (Å²) in [5.74, 6) is 7.32. The van der Waals surface area contributed by atoms with E-state index in [4.69, 9.17) is 9.47 Å². The Balaban J connectivity index is 1.33. The van der Waals surface area contributed by atoms with Crippen molar-refractivity contribution in [3.63, 3.8) is 0 Å². The summed E-state index contributed by atoms with van der Waals surface area (Å²) in [5, 5.41) is 0. The van der Waals surface area contributed by atoms with Gasteiger partial charge in [0.05, 0.1) is 12.1 Å². The topological polar surface area (TPSA) is 57.0 Å². The predicted octanol–water partition coefficient (Wildman–Crippen LogP) is 6.88. The second-order valence-corrected chi connectivity index (χ2v) is 10.3. The Hall–Kier alpha value is -4.30. The number of pyridine rings is 1. The zero-order valence-corrected chi connectivity index (χ0v) is 23.6. The van der Waals surface area contributed by atoms with Crippen LogP contribution in [-0.4, -0.2) is 29.4 Å². The minimum absolute atomic E-state index is 0.0499. The van der Waals surface area contributed by atoms with E-state index in [0.29, 0.717) is 55.1 Å². The Kier molecular flexibility index (Phi) is 10.2. The van der Waals surface area contributed by atoms with E-state index in [1.54, 1.807) is 31.2 Å². The van der Waals surface area contributed by atoms with Crippen LogP contribution in [0, 0.1) is 17.8 Å². The van der Waals surface area contributed by atoms with Crippen molar-refractivity contribution < 1.29 is 19.1 Å². The minimum Gasteiger partial charge on any atom is -0.481 e. The lowest BCUT2D eigenvalue weighted by molar-refractivity contribution is -0.143. The monoisotopic (exact) mass is 535 g/mol. The molecule has 2 aromatic carbocycles. The molecular formula is C35H37NO4. The highest BCUT2D eigenvalue weighted by Gasteiger charge is 2.17. The van der Waals surface area contributed by atoms with Crippen LogP contribution in [0.1, 0.15) is 66.4 Å². The fraction of sp³-hybridized carbons (Fsp3) is 0.314. The number of hydrogen-bond acceptors (Lipinski definition) is 4. The van der Waals surface area contributed by atoms with Crippen molar-refractivity contribution in [1.82, 2.24) is 4.40 Å². The fourth-order valence-electron chi connectivity index (χ4n) is 4.70. The number of carbonyl (C=O) groups excluding carboxylic acids is 2. The third-order valence-electron chi connectivity index (χ3n) is 6.63. The maximum atomic E-state index is 13.4. The van der Waals surface area contributed by atoms with Gasteiger partial charge in [0.25, 0.3) is 0 Å². The van der Waals surface area contributed by atoms with E-state index in [-0.39, 0.29) is 18.4 Å². The molecule has 0 unspecified atom stereocenters. The molecule has 2 aromatic heterocycles. The van der Waals surface area contributed by atoms with E-state index in [2.05, 4.69) is 50.0 Å². The van der Waals surface area contributed by atoms with E-state index < -0.39 is 0 Å². The van der Waals surface area contributed by atoms with E-state index in [0.717, 1.165) is 17.6 Å². The van der Waals surface area contributed by atoms with E-state index in [9.17, 15) is 9.59 Å². The quantitative estimate of drug-likeness (QED) is 0.113. The summed E-state index contributed by atoms with van der Waals surface area (Å²) in [6.07, 6.45) is 5.42. The number of aromatic nitrogens is 1. The van der Waals surface area contributed by atoms with Crippen molar-refractivity contribution in [2.24, 2.45) is 5.92 Å². The van der Waals surface area contributed by atoms with Crippen molar-refractivity contribution in [2.75, 3.05) is 13.2 Å². The normalized spacial score (nSPS) is 10.8. The summed E-state index contributed by atoms with van der Waals surface area (Å²) < 4.78 is 12.8. The number of benzene rings is 2. The molecule has 0 atom stereocenters. The summed E-state index contributed by atoms with van der Waals surface area (Å²) in [6, 6.07) is 23.6. The number of esters is 1. The average Bonchev–Trinajstić information content (AvgIpc) is 3.32. The molecule has 0 N–H and O–H groups in total. The Morgan fingerprint density at radius 3 is 2.40 bits per heavy atom. The number of nitrogens with zero attached hydrogens (tertiary/aromatic N) is 1. The molecule has 0 amide bonds. The Bertz CT molecular complexity index is 1480. The molecule has 0 aliphatic rings. The molecule has 40 heavy (non-hydrogen) atoms. The summed E-state index contributed by atoms with van der Waals surface area (Å²) >= 11 is 0. The van der Waals surface area contributed by atoms with Crippen LogP contribution in [-0.2, 0) is 28.8 Å². The predicted molar refractivity (Wildman–Crippen MR) is 159 cm³/mol. The highest BCUT2D eigenvalue weighted by molar-refractivity contribution is 6.13. The maximum Gasteiger partial charge on any atom is 0.305 e. The first-order valence-corrected chi connectivity index (χ1v) is 14.0. The Morgan fingerprint density at radius 1 is 0.925 bits per heavy atom. The molecule has 4 rings (SSSR count). The number of carbonyl (C=O) groups is 2. The maximum absolute atomic E-state index is 13.4. The second-order valence-electron chi connectivity index (χ2n) is 10.3. The van der Waals surface area contributed by atoms with Crippen molar-refractivity contribution in [1.29, 1.82) is 0 Å². The van der Waals surface area contributed by atoms with E-state index in [1.807, 2.05) is 34.9 Å². The number of ether oxygens (including phenoxy) is 2. The summed E-state index contributed by atoms with van der Waals surface area (Å²) in [6.45, 7) is 6.93. The average molecular weight is 536 g/mol. The molecule has 0 bridgehead atoms. The molecule has 206 valence electrons. The van der Waals surface area contributed by atoms with E-state index in [1.165, 1.54) is 11.1 Å². The molecule has 0 saturated carbocycles. The molecule has 5 heteroatoms. The largest absolute Gasteiger partial charge is 0.481 e. The SMILES string of the molecule is CCOC(=O)CCCc1cc(C(=O)c2ccc(OCC#CCc3ccc(CC(C)C)cc3)cc2)c2ccccn12. The van der Waals surface area contributed by atoms with Gasteiger partial charge in [-0.1, -0.05) is 56.0 Å². The number of fused-ring (bicyclic) bond motifs is 1. The third kappa shape index (κ3) is 7.86. The first-order valence-electron chi connectivity index (χ1n) is 14.0. The van der Waals surface area contributed by atoms with Gasteiger partial charge < -0.3 is 13.9 Å². The molecule has 4 aromatic rings. The number of hydrogen-bond donors (Lipinski definition) is 0. The van der Waals surface area contributed by atoms with Crippen LogP contribution in [0.2, 0.25) is 0 Å². The van der Waals surface area contributed by atoms with Crippen LogP contribution < -0.4 is 4.74 Å². The first kappa shape index (κ1) is 28.7. The number of aryl methyl sites for hydroxylation is 1. The summed E-state index contributed by atoms with van der Waals surface area (Å²) in [5.41, 5.74) is 5.63. The molecule has 0 aliphatic carbocycles. The number of ketones is 1. The molecule has 5 nitrogen and oxygen atoms in total. The van der Waals surface area contributed by atoms with Crippen LogP contribution in [0.3, 0.4) is 0 Å². The van der Waals surface area contributed by atoms with Gasteiger partial charge in [0.15, 0.2) is 5.78 Å². The van der Waals surface area contributed by atoms with Crippen LogP contribution in [0.4, 0.5) is 0 Å². The van der Waals surface area contributed by atoms with Crippen molar-refractivity contribution in [2.45, 2.75) is 52.9 Å². The molecule has 0 saturated heterocycles. The van der Waals surface area contributed by atoms with Crippen molar-refractivity contribution in [3.05, 3.63) is 107 Å². The summed E-state index contributed by atoms with van der Waals surface area (Å²) in [7, 11) is 0. The van der Waals surface area contributed by atoms with Crippen LogP contribution in [0.15, 0.2) is 79.0 Å². The van der Waals surface area contributed by atoms with Gasteiger partial charge in [-0.25, -0.2) is 0 Å². The molecule has 0 radical (unpaired) electrons. The molecule has 0 fully saturated rings. The van der Waals surface area contributed by atoms with Crippen molar-refractivity contribution in [3.8, 4) is 17.6 Å². The smallest absolute Gasteiger partial charge is 0.305 e. The number of rotatable bonds is 12. The minimum atomic E-state index is -0.195. The zero-order valence-electron chi connectivity index (χ0n) is 23.6. The van der Waals surface area contributed by atoms with Gasteiger partial charge in [0, 0.05) is 35.9 Å². The second kappa shape index (κ2) is 14.2. The van der Waals surface area contributed by atoms with Gasteiger partial charge >= 0.3 is 5.97 Å². The standard InChI is InChI=1S/C35H37NO4/c1-4-39-34(37)13-9-11-30-25-32(33-12-5-7-22-36(30)33)35(38)29-18-20-31(21-19-29)40-23-8-6-10-27-14-16-28(17-15-27)24-26(2)3/h5,7,12,14-22,25-26H,4,9-11,13,23-24H2,1-3H3. The lowest BCUT2D eigenvalue weighted by Gasteiger charge is -2.05. The van der Waals surface area contributed by atoms with Gasteiger partial charge in [-0.3, -0.25) is 9.59 Å².